The van der Waals surface area contributed by atoms with Gasteiger partial charge in [0, 0.05) is 31.8 Å². The van der Waals surface area contributed by atoms with E-state index in [0.29, 0.717) is 0 Å². The first-order valence-corrected chi connectivity index (χ1v) is 6.89. The van der Waals surface area contributed by atoms with Crippen LogP contribution in [-0.2, 0) is 19.1 Å². The third-order valence-corrected chi connectivity index (χ3v) is 2.82. The van der Waals surface area contributed by atoms with Crippen LogP contribution < -0.4 is 10.1 Å². The molecule has 0 spiro atoms. The van der Waals surface area contributed by atoms with Crippen molar-refractivity contribution < 1.29 is 41.4 Å². The van der Waals surface area contributed by atoms with Crippen molar-refractivity contribution in [3.05, 3.63) is 35.8 Å². The number of anilines is 1. The zero-order chi connectivity index (χ0) is 18.8. The first-order chi connectivity index (χ1) is 11.5. The molecule has 0 atom stereocenters. The van der Waals surface area contributed by atoms with Gasteiger partial charge in [-0.25, -0.2) is 14.0 Å². The van der Waals surface area contributed by atoms with Crippen molar-refractivity contribution in [2.45, 2.75) is 25.8 Å². The summed E-state index contributed by atoms with van der Waals surface area (Å²) in [6.45, 7) is 1.12. The number of benzene rings is 1. The van der Waals surface area contributed by atoms with Gasteiger partial charge >= 0.3 is 18.1 Å². The Morgan fingerprint density at radius 2 is 1.80 bits per heavy atom. The van der Waals surface area contributed by atoms with E-state index in [9.17, 15) is 27.2 Å². The van der Waals surface area contributed by atoms with Crippen molar-refractivity contribution >= 4 is 17.6 Å². The summed E-state index contributed by atoms with van der Waals surface area (Å²) in [6.07, 6.45) is -3.64. The molecule has 0 radical (unpaired) electrons. The van der Waals surface area contributed by atoms with Gasteiger partial charge in [-0.2, -0.15) is 13.2 Å². The highest BCUT2D eigenvalue weighted by atomic mass is 19.4. The van der Waals surface area contributed by atoms with E-state index in [2.05, 4.69) is 10.1 Å². The third-order valence-electron chi connectivity index (χ3n) is 2.82. The number of carbonyl (C=O) groups is 2. The Morgan fingerprint density at radius 3 is 2.32 bits per heavy atom. The largest absolute Gasteiger partial charge is 0.481 e. The molecule has 1 heterocycles. The van der Waals surface area contributed by atoms with E-state index >= 15 is 0 Å². The van der Waals surface area contributed by atoms with Crippen LogP contribution in [0.15, 0.2) is 30.0 Å². The quantitative estimate of drug-likeness (QED) is 0.384. The van der Waals surface area contributed by atoms with Crippen molar-refractivity contribution in [3.8, 4) is 5.75 Å². The predicted molar refractivity (Wildman–Crippen MR) is 75.9 cm³/mol. The molecule has 1 aromatic rings. The summed E-state index contributed by atoms with van der Waals surface area (Å²) in [7, 11) is 0. The Kier molecular flexibility index (Phi) is 4.91. The Morgan fingerprint density at radius 1 is 1.20 bits per heavy atom. The van der Waals surface area contributed by atoms with Crippen LogP contribution >= 0.6 is 0 Å². The number of cyclic esters (lactones) is 2. The molecule has 136 valence electrons. The van der Waals surface area contributed by atoms with E-state index in [1.807, 2.05) is 0 Å². The lowest BCUT2D eigenvalue weighted by Gasteiger charge is -2.29. The summed E-state index contributed by atoms with van der Waals surface area (Å²) in [5.41, 5.74) is -0.382. The highest BCUT2D eigenvalue weighted by Crippen LogP contribution is 2.25. The summed E-state index contributed by atoms with van der Waals surface area (Å²) >= 11 is 0. The second kappa shape index (κ2) is 6.61. The molecule has 2 rings (SSSR count). The van der Waals surface area contributed by atoms with E-state index < -0.39 is 47.6 Å². The molecule has 10 heteroatoms. The number of hydrogen-bond acceptors (Lipinski definition) is 6. The topological polar surface area (TPSA) is 73.9 Å². The molecule has 0 aliphatic carbocycles. The molecular weight excluding hydrogens is 350 g/mol. The molecule has 1 aromatic carbocycles. The van der Waals surface area contributed by atoms with E-state index in [0.717, 1.165) is 18.3 Å². The standard InChI is InChI=1S/C15H13F4NO5/c1-14(2)24-12(21)9(13(22)25-14)6-20-8-3-4-11(10(16)5-8)23-7-15(17,18)19/h3-6,20H,7H2,1-2H3. The third kappa shape index (κ3) is 5.10. The van der Waals surface area contributed by atoms with Crippen LogP contribution in [0, 0.1) is 5.82 Å². The van der Waals surface area contributed by atoms with Crippen LogP contribution in [0.1, 0.15) is 13.8 Å². The number of esters is 2. The van der Waals surface area contributed by atoms with Gasteiger partial charge in [-0.05, 0) is 12.1 Å². The summed E-state index contributed by atoms with van der Waals surface area (Å²) in [6, 6.07) is 3.02. The Balaban J connectivity index is 2.07. The number of hydrogen-bond donors (Lipinski definition) is 1. The van der Waals surface area contributed by atoms with Crippen LogP contribution in [0.25, 0.3) is 0 Å². The molecule has 6 nitrogen and oxygen atoms in total. The Hall–Kier alpha value is -2.78. The van der Waals surface area contributed by atoms with Crippen molar-refractivity contribution in [2.75, 3.05) is 11.9 Å². The highest BCUT2D eigenvalue weighted by molar-refractivity contribution is 6.15. The maximum Gasteiger partial charge on any atom is 0.422 e. The summed E-state index contributed by atoms with van der Waals surface area (Å²) < 4.78 is 63.9. The molecular formula is C15H13F4NO5. The molecule has 25 heavy (non-hydrogen) atoms. The fraction of sp³-hybridized carbons (Fsp3) is 0.333. The van der Waals surface area contributed by atoms with Gasteiger partial charge in [0.25, 0.3) is 5.79 Å². The van der Waals surface area contributed by atoms with E-state index in [1.54, 1.807) is 0 Å². The van der Waals surface area contributed by atoms with Crippen LogP contribution in [-0.4, -0.2) is 30.5 Å². The highest BCUT2D eigenvalue weighted by Gasteiger charge is 2.39. The molecule has 1 saturated heterocycles. The number of nitrogens with one attached hydrogen (secondary N) is 1. The molecule has 0 bridgehead atoms. The van der Waals surface area contributed by atoms with Gasteiger partial charge in [0.2, 0.25) is 0 Å². The van der Waals surface area contributed by atoms with E-state index in [-0.39, 0.29) is 5.69 Å². The van der Waals surface area contributed by atoms with Crippen LogP contribution in [0.4, 0.5) is 23.2 Å². The first-order valence-electron chi connectivity index (χ1n) is 6.89. The predicted octanol–water partition coefficient (Wildman–Crippen LogP) is 2.90. The summed E-state index contributed by atoms with van der Waals surface area (Å²) in [5.74, 6) is -4.90. The van der Waals surface area contributed by atoms with Crippen LogP contribution in [0.5, 0.6) is 5.75 Å². The smallest absolute Gasteiger partial charge is 0.422 e. The average Bonchev–Trinajstić information content (AvgIpc) is 2.43. The average molecular weight is 363 g/mol. The minimum absolute atomic E-state index is 0.0646. The van der Waals surface area contributed by atoms with Gasteiger partial charge in [0.1, 0.15) is 0 Å². The van der Waals surface area contributed by atoms with Gasteiger partial charge < -0.3 is 19.5 Å². The Bertz CT molecular complexity index is 705. The number of carbonyl (C=O) groups excluding carboxylic acids is 2. The summed E-state index contributed by atoms with van der Waals surface area (Å²) in [5, 5.41) is 2.46. The molecule has 1 fully saturated rings. The van der Waals surface area contributed by atoms with Crippen molar-refractivity contribution in [3.63, 3.8) is 0 Å². The Labute approximate surface area is 139 Å². The fourth-order valence-corrected chi connectivity index (χ4v) is 1.80. The molecule has 1 aliphatic heterocycles. The lowest BCUT2D eigenvalue weighted by atomic mass is 10.2. The molecule has 0 aromatic heterocycles. The van der Waals surface area contributed by atoms with Gasteiger partial charge in [0.05, 0.1) is 0 Å². The minimum Gasteiger partial charge on any atom is -0.481 e. The molecule has 1 N–H and O–H groups in total. The molecule has 0 saturated carbocycles. The normalized spacial score (nSPS) is 16.8. The second-order valence-corrected chi connectivity index (χ2v) is 5.43. The number of halogens is 4. The summed E-state index contributed by atoms with van der Waals surface area (Å²) in [4.78, 5) is 23.4. The van der Waals surface area contributed by atoms with Gasteiger partial charge in [0.15, 0.2) is 23.7 Å². The van der Waals surface area contributed by atoms with Crippen LogP contribution in [0.2, 0.25) is 0 Å². The molecule has 1 aliphatic rings. The SMILES string of the molecule is CC1(C)OC(=O)C(=CNc2ccc(OCC(F)(F)F)c(F)c2)C(=O)O1. The molecule has 0 unspecified atom stereocenters. The monoisotopic (exact) mass is 363 g/mol. The maximum absolute atomic E-state index is 13.7. The lowest BCUT2D eigenvalue weighted by molar-refractivity contribution is -0.222. The maximum atomic E-state index is 13.7. The van der Waals surface area contributed by atoms with Gasteiger partial charge in [-0.1, -0.05) is 0 Å². The number of alkyl halides is 3. The van der Waals surface area contributed by atoms with Crippen molar-refractivity contribution in [2.24, 2.45) is 0 Å². The lowest BCUT2D eigenvalue weighted by Crippen LogP contribution is -2.42. The molecule has 0 amide bonds. The fourth-order valence-electron chi connectivity index (χ4n) is 1.80. The first kappa shape index (κ1) is 18.6. The minimum atomic E-state index is -4.59. The van der Waals surface area contributed by atoms with Gasteiger partial charge in [-0.15, -0.1) is 0 Å². The second-order valence-electron chi connectivity index (χ2n) is 5.43. The van der Waals surface area contributed by atoms with E-state index in [4.69, 9.17) is 9.47 Å². The van der Waals surface area contributed by atoms with Gasteiger partial charge in [-0.3, -0.25) is 0 Å². The van der Waals surface area contributed by atoms with E-state index in [1.165, 1.54) is 19.9 Å². The van der Waals surface area contributed by atoms with Crippen LogP contribution in [0.3, 0.4) is 0 Å². The number of ether oxygens (including phenoxy) is 3. The number of rotatable bonds is 4. The van der Waals surface area contributed by atoms with Crippen molar-refractivity contribution in [1.29, 1.82) is 0 Å². The zero-order valence-corrected chi connectivity index (χ0v) is 13.1. The zero-order valence-electron chi connectivity index (χ0n) is 13.1. The van der Waals surface area contributed by atoms with Crippen molar-refractivity contribution in [1.82, 2.24) is 0 Å².